The first kappa shape index (κ1) is 14.8. The highest BCUT2D eigenvalue weighted by atomic mass is 32.2. The Morgan fingerprint density at radius 1 is 1.25 bits per heavy atom. The van der Waals surface area contributed by atoms with Gasteiger partial charge in [0.25, 0.3) is 0 Å². The average Bonchev–Trinajstić information content (AvgIpc) is 2.77. The van der Waals surface area contributed by atoms with Crippen LogP contribution in [-0.2, 0) is 20.2 Å². The summed E-state index contributed by atoms with van der Waals surface area (Å²) < 4.78 is 51.1. The van der Waals surface area contributed by atoms with E-state index in [2.05, 4.69) is 4.99 Å². The largest absolute Gasteiger partial charge is 0.235 e. The molecule has 1 fully saturated rings. The molecule has 0 amide bonds. The third-order valence-electron chi connectivity index (χ3n) is 3.61. The standard InChI is InChI=1S/C13H13F2NO3S/c1-20(18,19)12-10(14)5-4-9(11(12)15)13(16-8-17)6-2-3-7-13/h4-5H,2-3,6-7H2,1H3. The van der Waals surface area contributed by atoms with Gasteiger partial charge in [0.15, 0.2) is 9.84 Å². The molecule has 0 bridgehead atoms. The van der Waals surface area contributed by atoms with Gasteiger partial charge < -0.3 is 0 Å². The maximum absolute atomic E-state index is 14.4. The van der Waals surface area contributed by atoms with Gasteiger partial charge >= 0.3 is 0 Å². The minimum atomic E-state index is -4.05. The van der Waals surface area contributed by atoms with Crippen molar-refractivity contribution in [3.05, 3.63) is 29.3 Å². The smallest absolute Gasteiger partial charge is 0.224 e. The topological polar surface area (TPSA) is 63.6 Å². The van der Waals surface area contributed by atoms with Crippen molar-refractivity contribution in [3.63, 3.8) is 0 Å². The summed E-state index contributed by atoms with van der Waals surface area (Å²) in [6.07, 6.45) is 4.44. The summed E-state index contributed by atoms with van der Waals surface area (Å²) in [5, 5.41) is 0. The lowest BCUT2D eigenvalue weighted by atomic mass is 9.88. The van der Waals surface area contributed by atoms with Crippen LogP contribution in [0, 0.1) is 11.6 Å². The van der Waals surface area contributed by atoms with Crippen LogP contribution in [0.3, 0.4) is 0 Å². The number of rotatable bonds is 3. The normalized spacial score (nSPS) is 17.8. The van der Waals surface area contributed by atoms with E-state index < -0.39 is 31.9 Å². The molecule has 1 aliphatic carbocycles. The Balaban J connectivity index is 2.73. The van der Waals surface area contributed by atoms with Gasteiger partial charge in [-0.2, -0.15) is 4.99 Å². The first-order chi connectivity index (χ1) is 9.32. The molecule has 0 spiro atoms. The second-order valence-corrected chi connectivity index (χ2v) is 6.90. The highest BCUT2D eigenvalue weighted by Crippen LogP contribution is 2.44. The van der Waals surface area contributed by atoms with Crippen LogP contribution in [0.15, 0.2) is 22.0 Å². The van der Waals surface area contributed by atoms with E-state index in [4.69, 9.17) is 0 Å². The van der Waals surface area contributed by atoms with Crippen molar-refractivity contribution in [2.45, 2.75) is 36.1 Å². The Hall–Kier alpha value is -1.59. The molecule has 1 saturated carbocycles. The Kier molecular flexibility index (Phi) is 3.75. The third kappa shape index (κ3) is 2.39. The van der Waals surface area contributed by atoms with Crippen molar-refractivity contribution >= 4 is 15.9 Å². The van der Waals surface area contributed by atoms with Gasteiger partial charge in [0.2, 0.25) is 6.08 Å². The van der Waals surface area contributed by atoms with Crippen molar-refractivity contribution in [2.24, 2.45) is 4.99 Å². The molecule has 20 heavy (non-hydrogen) atoms. The molecule has 1 aromatic rings. The minimum Gasteiger partial charge on any atom is -0.224 e. The molecule has 4 nitrogen and oxygen atoms in total. The molecule has 0 saturated heterocycles. The number of hydrogen-bond donors (Lipinski definition) is 0. The molecular weight excluding hydrogens is 288 g/mol. The summed E-state index contributed by atoms with van der Waals surface area (Å²) >= 11 is 0. The molecule has 0 aliphatic heterocycles. The van der Waals surface area contributed by atoms with E-state index in [1.165, 1.54) is 6.08 Å². The minimum absolute atomic E-state index is 0.0554. The van der Waals surface area contributed by atoms with E-state index in [0.29, 0.717) is 12.8 Å². The monoisotopic (exact) mass is 301 g/mol. The number of sulfone groups is 1. The maximum Gasteiger partial charge on any atom is 0.235 e. The summed E-state index contributed by atoms with van der Waals surface area (Å²) in [5.74, 6) is -2.30. The quantitative estimate of drug-likeness (QED) is 0.636. The molecule has 1 aliphatic rings. The van der Waals surface area contributed by atoms with Gasteiger partial charge in [-0.25, -0.2) is 22.0 Å². The molecule has 2 rings (SSSR count). The first-order valence-electron chi connectivity index (χ1n) is 6.09. The van der Waals surface area contributed by atoms with Crippen LogP contribution in [0.5, 0.6) is 0 Å². The molecule has 108 valence electrons. The molecule has 0 aromatic heterocycles. The van der Waals surface area contributed by atoms with Crippen LogP contribution in [0.1, 0.15) is 31.2 Å². The highest BCUT2D eigenvalue weighted by molar-refractivity contribution is 7.90. The molecule has 7 heteroatoms. The number of nitrogens with zero attached hydrogens (tertiary/aromatic N) is 1. The van der Waals surface area contributed by atoms with Gasteiger partial charge in [0.1, 0.15) is 22.1 Å². The summed E-state index contributed by atoms with van der Waals surface area (Å²) in [6.45, 7) is 0. The number of hydrogen-bond acceptors (Lipinski definition) is 4. The van der Waals surface area contributed by atoms with Crippen molar-refractivity contribution in [1.29, 1.82) is 0 Å². The lowest BCUT2D eigenvalue weighted by molar-refractivity contribution is 0.417. The van der Waals surface area contributed by atoms with Gasteiger partial charge in [-0.1, -0.05) is 18.9 Å². The fourth-order valence-corrected chi connectivity index (χ4v) is 3.58. The first-order valence-corrected chi connectivity index (χ1v) is 7.98. The summed E-state index contributed by atoms with van der Waals surface area (Å²) in [6, 6.07) is 2.06. The zero-order valence-corrected chi connectivity index (χ0v) is 11.6. The van der Waals surface area contributed by atoms with Crippen molar-refractivity contribution in [1.82, 2.24) is 0 Å². The molecule has 0 N–H and O–H groups in total. The van der Waals surface area contributed by atoms with Gasteiger partial charge in [0, 0.05) is 11.8 Å². The van der Waals surface area contributed by atoms with E-state index in [9.17, 15) is 22.0 Å². The Morgan fingerprint density at radius 2 is 1.85 bits per heavy atom. The molecular formula is C13H13F2NO3S. The molecule has 0 radical (unpaired) electrons. The Labute approximate surface area is 115 Å². The predicted octanol–water partition coefficient (Wildman–Crippen LogP) is 2.47. The number of halogens is 2. The zero-order valence-electron chi connectivity index (χ0n) is 10.8. The van der Waals surface area contributed by atoms with Crippen molar-refractivity contribution in [2.75, 3.05) is 6.26 Å². The fourth-order valence-electron chi connectivity index (χ4n) is 2.72. The van der Waals surface area contributed by atoms with Crippen LogP contribution in [0.4, 0.5) is 8.78 Å². The summed E-state index contributed by atoms with van der Waals surface area (Å²) in [5.41, 5.74) is -1.18. The maximum atomic E-state index is 14.4. The second-order valence-electron chi connectivity index (χ2n) is 4.95. The van der Waals surface area contributed by atoms with Crippen LogP contribution in [0.25, 0.3) is 0 Å². The molecule has 0 atom stereocenters. The summed E-state index contributed by atoms with van der Waals surface area (Å²) in [4.78, 5) is 13.3. The molecule has 0 unspecified atom stereocenters. The van der Waals surface area contributed by atoms with Crippen molar-refractivity contribution in [3.8, 4) is 0 Å². The predicted molar refractivity (Wildman–Crippen MR) is 67.7 cm³/mol. The zero-order chi connectivity index (χ0) is 15.0. The van der Waals surface area contributed by atoms with Crippen LogP contribution in [-0.4, -0.2) is 20.8 Å². The van der Waals surface area contributed by atoms with Crippen LogP contribution < -0.4 is 0 Å². The van der Waals surface area contributed by atoms with Crippen molar-refractivity contribution < 1.29 is 22.0 Å². The van der Waals surface area contributed by atoms with Gasteiger partial charge in [-0.15, -0.1) is 0 Å². The Bertz CT molecular complexity index is 688. The highest BCUT2D eigenvalue weighted by Gasteiger charge is 2.40. The molecule has 0 heterocycles. The fraction of sp³-hybridized carbons (Fsp3) is 0.462. The number of benzene rings is 1. The van der Waals surface area contributed by atoms with E-state index in [1.807, 2.05) is 0 Å². The lowest BCUT2D eigenvalue weighted by Gasteiger charge is -2.24. The Morgan fingerprint density at radius 3 is 2.35 bits per heavy atom. The van der Waals surface area contributed by atoms with Gasteiger partial charge in [0.05, 0.1) is 0 Å². The SMILES string of the molecule is CS(=O)(=O)c1c(F)ccc(C2(N=C=O)CCCC2)c1F. The lowest BCUT2D eigenvalue weighted by Crippen LogP contribution is -2.22. The van der Waals surface area contributed by atoms with E-state index in [1.54, 1.807) is 0 Å². The van der Waals surface area contributed by atoms with E-state index >= 15 is 0 Å². The van der Waals surface area contributed by atoms with Crippen LogP contribution >= 0.6 is 0 Å². The van der Waals surface area contributed by atoms with E-state index in [-0.39, 0.29) is 5.56 Å². The summed E-state index contributed by atoms with van der Waals surface area (Å²) in [7, 11) is -4.05. The van der Waals surface area contributed by atoms with Crippen LogP contribution in [0.2, 0.25) is 0 Å². The second kappa shape index (κ2) is 5.07. The van der Waals surface area contributed by atoms with Gasteiger partial charge in [-0.3, -0.25) is 0 Å². The number of carbonyl (C=O) groups excluding carboxylic acids is 1. The number of aliphatic imine (C=N–C) groups is 1. The average molecular weight is 301 g/mol. The number of isocyanates is 1. The third-order valence-corrected chi connectivity index (χ3v) is 4.73. The molecule has 1 aromatic carbocycles. The van der Waals surface area contributed by atoms with E-state index in [0.717, 1.165) is 31.2 Å². The van der Waals surface area contributed by atoms with Gasteiger partial charge in [-0.05, 0) is 18.9 Å².